The first-order valence-electron chi connectivity index (χ1n) is 10.2. The minimum Gasteiger partial charge on any atom is -0.478 e. The Morgan fingerprint density at radius 3 is 2.12 bits per heavy atom. The van der Waals surface area contributed by atoms with Crippen molar-refractivity contribution >= 4 is 0 Å². The lowest BCUT2D eigenvalue weighted by Gasteiger charge is -2.35. The van der Waals surface area contributed by atoms with E-state index < -0.39 is 5.60 Å². The molecule has 0 amide bonds. The number of ether oxygens (including phenoxy) is 2. The van der Waals surface area contributed by atoms with E-state index in [1.807, 2.05) is 14.0 Å². The highest BCUT2D eigenvalue weighted by atomic mass is 16.5. The van der Waals surface area contributed by atoms with Gasteiger partial charge in [-0.3, -0.25) is 4.90 Å². The second kappa shape index (κ2) is 11.0. The van der Waals surface area contributed by atoms with Gasteiger partial charge in [0.1, 0.15) is 18.2 Å². The standard InChI is InChI=1S/C30H19NO2.13H2/c1-5-6-7-8-9-10-11-12-13-14-15-16-17-18-20-30(3)21-19-26-22-28-27(23-31(4)24-32-28)25(2)29(26)33-30;;;;;;;;;;;;;/h1,22H,19,21,23-24H2,2-4H3;13*1H/t30-;;;;;;;;;;;;;/m1............./s1. The molecule has 0 fully saturated rings. The van der Waals surface area contributed by atoms with Crippen molar-refractivity contribution in [1.82, 2.24) is 4.90 Å². The first kappa shape index (κ1) is 22.9. The summed E-state index contributed by atoms with van der Waals surface area (Å²) in [6.07, 6.45) is 6.61. The van der Waals surface area contributed by atoms with Gasteiger partial charge < -0.3 is 9.47 Å². The van der Waals surface area contributed by atoms with Crippen molar-refractivity contribution in [3.05, 3.63) is 22.8 Å². The molecular weight excluding hydrogens is 406 g/mol. The number of aryl methyl sites for hydroxylation is 1. The van der Waals surface area contributed by atoms with Crippen molar-refractivity contribution in [1.29, 1.82) is 0 Å². The Hall–Kier alpha value is -4.74. The number of terminal acetylenes is 1. The molecular formula is C30H45NO2. The molecule has 2 aliphatic heterocycles. The van der Waals surface area contributed by atoms with Gasteiger partial charge in [-0.05, 0) is 133 Å². The van der Waals surface area contributed by atoms with Gasteiger partial charge in [-0.25, -0.2) is 0 Å². The second-order valence-corrected chi connectivity index (χ2v) is 7.48. The highest BCUT2D eigenvalue weighted by molar-refractivity contribution is 5.55. The number of hydrogen-bond acceptors (Lipinski definition) is 3. The third-order valence-corrected chi connectivity index (χ3v) is 4.90. The van der Waals surface area contributed by atoms with E-state index in [1.54, 1.807) is 0 Å². The lowest BCUT2D eigenvalue weighted by molar-refractivity contribution is 0.110. The molecule has 0 aliphatic carbocycles. The first-order chi connectivity index (χ1) is 16.0. The van der Waals surface area contributed by atoms with E-state index in [2.05, 4.69) is 107 Å². The SMILES string of the molecule is C#CC#CC#CC#CC#CC#CC#CC#C[C@]1(C)CCc2cc3c(c(C)c2O1)CN(C)CO3.[HH].[HH].[HH].[HH].[HH].[HH].[HH].[HH].[HH].[HH].[HH].[HH].[HH]. The number of hydrogen-bond donors (Lipinski definition) is 0. The average Bonchev–Trinajstić information content (AvgIpc) is 2.80. The van der Waals surface area contributed by atoms with Gasteiger partial charge in [0.2, 0.25) is 0 Å². The zero-order valence-corrected chi connectivity index (χ0v) is 18.7. The molecule has 2 heterocycles. The molecule has 3 rings (SSSR count). The van der Waals surface area contributed by atoms with E-state index in [4.69, 9.17) is 15.9 Å². The van der Waals surface area contributed by atoms with Crippen molar-refractivity contribution in [3.8, 4) is 107 Å². The van der Waals surface area contributed by atoms with Crippen LogP contribution in [0.4, 0.5) is 0 Å². The summed E-state index contributed by atoms with van der Waals surface area (Å²) in [5.41, 5.74) is 2.86. The topological polar surface area (TPSA) is 21.7 Å². The fraction of sp³-hybridized carbons (Fsp3) is 0.267. The summed E-state index contributed by atoms with van der Waals surface area (Å²) in [7, 11) is 2.04. The minimum atomic E-state index is -0.601. The van der Waals surface area contributed by atoms with Gasteiger partial charge in [-0.1, -0.05) is 0 Å². The highest BCUT2D eigenvalue weighted by Gasteiger charge is 2.33. The van der Waals surface area contributed by atoms with Gasteiger partial charge in [-0.15, -0.1) is 6.42 Å². The van der Waals surface area contributed by atoms with Gasteiger partial charge in [0, 0.05) is 37.1 Å². The Kier molecular flexibility index (Phi) is 7.67. The van der Waals surface area contributed by atoms with Crippen LogP contribution in [-0.2, 0) is 13.0 Å². The molecule has 182 valence electrons. The number of rotatable bonds is 0. The van der Waals surface area contributed by atoms with Gasteiger partial charge in [0.15, 0.2) is 5.60 Å². The van der Waals surface area contributed by atoms with E-state index in [0.717, 1.165) is 36.4 Å². The molecule has 0 bridgehead atoms. The molecule has 3 nitrogen and oxygen atoms in total. The summed E-state index contributed by atoms with van der Waals surface area (Å²) in [4.78, 5) is 2.13. The Balaban J connectivity index is -0.000000105. The monoisotopic (exact) mass is 451 g/mol. The van der Waals surface area contributed by atoms with Crippen LogP contribution < -0.4 is 9.47 Å². The maximum absolute atomic E-state index is 6.35. The first-order valence-corrected chi connectivity index (χ1v) is 10.2. The van der Waals surface area contributed by atoms with E-state index >= 15 is 0 Å². The molecule has 0 radical (unpaired) electrons. The summed E-state index contributed by atoms with van der Waals surface area (Å²) in [5.74, 6) is 40.6. The lowest BCUT2D eigenvalue weighted by Crippen LogP contribution is -2.36. The Labute approximate surface area is 215 Å². The van der Waals surface area contributed by atoms with Crippen LogP contribution in [0, 0.1) is 102 Å². The fourth-order valence-corrected chi connectivity index (χ4v) is 3.30. The van der Waals surface area contributed by atoms with Crippen molar-refractivity contribution in [2.24, 2.45) is 0 Å². The van der Waals surface area contributed by atoms with Gasteiger partial charge >= 0.3 is 0 Å². The van der Waals surface area contributed by atoms with Crippen LogP contribution in [0.25, 0.3) is 0 Å². The van der Waals surface area contributed by atoms with Crippen LogP contribution in [-0.4, -0.2) is 24.3 Å². The maximum atomic E-state index is 6.35. The van der Waals surface area contributed by atoms with Crippen molar-refractivity contribution in [2.45, 2.75) is 38.8 Å². The van der Waals surface area contributed by atoms with Crippen molar-refractivity contribution in [3.63, 3.8) is 0 Å². The Bertz CT molecular complexity index is 1500. The Morgan fingerprint density at radius 2 is 1.52 bits per heavy atom. The molecule has 0 N–H and O–H groups in total. The summed E-state index contributed by atoms with van der Waals surface area (Å²) < 4.78 is 12.2. The van der Waals surface area contributed by atoms with Gasteiger partial charge in [0.25, 0.3) is 0 Å². The van der Waals surface area contributed by atoms with Gasteiger partial charge in [0.05, 0.1) is 0 Å². The largest absolute Gasteiger partial charge is 0.478 e. The van der Waals surface area contributed by atoms with Crippen molar-refractivity contribution < 1.29 is 28.0 Å². The van der Waals surface area contributed by atoms with Crippen LogP contribution in [0.3, 0.4) is 0 Å². The molecule has 33 heavy (non-hydrogen) atoms. The normalized spacial score (nSPS) is 16.4. The van der Waals surface area contributed by atoms with Crippen LogP contribution in [0.2, 0.25) is 0 Å². The summed E-state index contributed by atoms with van der Waals surface area (Å²) >= 11 is 0. The number of nitrogens with zero attached hydrogens (tertiary/aromatic N) is 1. The van der Waals surface area contributed by atoms with Crippen LogP contribution in [0.15, 0.2) is 6.07 Å². The summed E-state index contributed by atoms with van der Waals surface area (Å²) in [6.45, 7) is 5.52. The summed E-state index contributed by atoms with van der Waals surface area (Å²) in [6, 6.07) is 2.11. The number of fused-ring (bicyclic) bond motifs is 2. The molecule has 0 aromatic heterocycles. The molecule has 3 heteroatoms. The minimum absolute atomic E-state index is 0. The van der Waals surface area contributed by atoms with Gasteiger partial charge in [-0.2, -0.15) is 0 Å². The van der Waals surface area contributed by atoms with Crippen molar-refractivity contribution in [2.75, 3.05) is 13.8 Å². The number of benzene rings is 1. The van der Waals surface area contributed by atoms with Crippen LogP contribution in [0.1, 0.15) is 48.6 Å². The Morgan fingerprint density at radius 1 is 0.939 bits per heavy atom. The smallest absolute Gasteiger partial charge is 0.167 e. The predicted octanol–water partition coefficient (Wildman–Crippen LogP) is 5.72. The molecule has 1 atom stereocenters. The van der Waals surface area contributed by atoms with Crippen LogP contribution >= 0.6 is 0 Å². The quantitative estimate of drug-likeness (QED) is 0.471. The third-order valence-electron chi connectivity index (χ3n) is 4.90. The molecule has 2 aliphatic rings. The molecule has 0 unspecified atom stereocenters. The molecule has 1 aromatic carbocycles. The molecule has 0 saturated carbocycles. The van der Waals surface area contributed by atoms with E-state index in [9.17, 15) is 0 Å². The summed E-state index contributed by atoms with van der Waals surface area (Å²) in [5, 5.41) is 0. The second-order valence-electron chi connectivity index (χ2n) is 7.48. The zero-order chi connectivity index (χ0) is 23.5. The molecule has 0 spiro atoms. The molecule has 1 aromatic rings. The lowest BCUT2D eigenvalue weighted by atomic mass is 9.89. The third kappa shape index (κ3) is 6.37. The highest BCUT2D eigenvalue weighted by Crippen LogP contribution is 2.42. The fourth-order valence-electron chi connectivity index (χ4n) is 3.30. The van der Waals surface area contributed by atoms with E-state index in [1.165, 1.54) is 11.1 Å². The van der Waals surface area contributed by atoms with E-state index in [-0.39, 0.29) is 18.5 Å². The maximum Gasteiger partial charge on any atom is 0.167 e. The zero-order valence-electron chi connectivity index (χ0n) is 18.7. The predicted molar refractivity (Wildman–Crippen MR) is 156 cm³/mol. The molecule has 0 saturated heterocycles. The average molecular weight is 452 g/mol. The van der Waals surface area contributed by atoms with Crippen LogP contribution in [0.5, 0.6) is 11.5 Å². The van der Waals surface area contributed by atoms with E-state index in [0.29, 0.717) is 6.73 Å².